The van der Waals surface area contributed by atoms with Crippen LogP contribution in [0.5, 0.6) is 0 Å². The molecule has 0 bridgehead atoms. The molecule has 0 heterocycles. The smallest absolute Gasteiger partial charge is 0.122 e. The molecule has 0 fully saturated rings. The van der Waals surface area contributed by atoms with Crippen molar-refractivity contribution in [2.24, 2.45) is 0 Å². The van der Waals surface area contributed by atoms with Crippen LogP contribution in [0.15, 0.2) is 0 Å². The van der Waals surface area contributed by atoms with E-state index in [0.717, 1.165) is 6.29 Å². The minimum Gasteiger partial charge on any atom is -0.382 e. The number of carbonyl (C=O) groups is 1. The monoisotopic (exact) mass is 248 g/mol. The second-order valence-corrected chi connectivity index (χ2v) is 3.80. The molecule has 102 valence electrons. The summed E-state index contributed by atoms with van der Waals surface area (Å²) in [6, 6.07) is 0. The van der Waals surface area contributed by atoms with E-state index in [9.17, 15) is 4.79 Å². The summed E-state index contributed by atoms with van der Waals surface area (Å²) in [6.07, 6.45) is 1.92. The van der Waals surface area contributed by atoms with E-state index in [1.165, 1.54) is 0 Å². The lowest BCUT2D eigenvalue weighted by Gasteiger charge is -2.20. The Kier molecular flexibility index (Phi) is 11.6. The predicted octanol–water partition coefficient (Wildman–Crippen LogP) is 1.05. The Hall–Kier alpha value is -0.490. The van der Waals surface area contributed by atoms with E-state index in [1.807, 2.05) is 6.92 Å². The number of rotatable bonds is 12. The molecule has 0 aromatic heterocycles. The topological polar surface area (TPSA) is 54.0 Å². The number of methoxy groups -OCH3 is 2. The van der Waals surface area contributed by atoms with E-state index in [4.69, 9.17) is 18.9 Å². The van der Waals surface area contributed by atoms with E-state index in [-0.39, 0.29) is 12.2 Å². The first-order valence-electron chi connectivity index (χ1n) is 5.89. The van der Waals surface area contributed by atoms with Crippen molar-refractivity contribution in [2.75, 3.05) is 40.6 Å². The largest absolute Gasteiger partial charge is 0.382 e. The minimum atomic E-state index is -0.0970. The Bertz CT molecular complexity index is 174. The summed E-state index contributed by atoms with van der Waals surface area (Å²) >= 11 is 0. The number of hydrogen-bond acceptors (Lipinski definition) is 5. The van der Waals surface area contributed by atoms with E-state index >= 15 is 0 Å². The highest BCUT2D eigenvalue weighted by atomic mass is 16.5. The van der Waals surface area contributed by atoms with Crippen LogP contribution in [0.2, 0.25) is 0 Å². The van der Waals surface area contributed by atoms with Gasteiger partial charge in [-0.15, -0.1) is 0 Å². The van der Waals surface area contributed by atoms with Gasteiger partial charge >= 0.3 is 0 Å². The molecular formula is C12H24O5. The number of hydrogen-bond donors (Lipinski definition) is 0. The maximum absolute atomic E-state index is 10.5. The molecule has 0 aliphatic rings. The molecule has 2 atom stereocenters. The van der Waals surface area contributed by atoms with Crippen LogP contribution in [0, 0.1) is 0 Å². The highest BCUT2D eigenvalue weighted by Crippen LogP contribution is 2.09. The van der Waals surface area contributed by atoms with Crippen molar-refractivity contribution < 1.29 is 23.7 Å². The summed E-state index contributed by atoms with van der Waals surface area (Å²) in [6.45, 7) is 4.14. The van der Waals surface area contributed by atoms with Crippen LogP contribution in [0.25, 0.3) is 0 Å². The summed E-state index contributed by atoms with van der Waals surface area (Å²) in [7, 11) is 3.26. The fourth-order valence-electron chi connectivity index (χ4n) is 1.41. The van der Waals surface area contributed by atoms with Gasteiger partial charge in [0.05, 0.1) is 38.6 Å². The highest BCUT2D eigenvalue weighted by molar-refractivity contribution is 5.50. The SMILES string of the molecule is COCCOC(C)CC(CC=O)OCCOC. The van der Waals surface area contributed by atoms with E-state index < -0.39 is 0 Å². The molecule has 0 aliphatic heterocycles. The standard InChI is InChI=1S/C12H24O5/c1-11(16-8-6-14-2)10-12(4-5-13)17-9-7-15-3/h5,11-12H,4,6-10H2,1-3H3. The van der Waals surface area contributed by atoms with Crippen molar-refractivity contribution in [2.45, 2.75) is 32.0 Å². The third-order valence-electron chi connectivity index (χ3n) is 2.28. The molecule has 0 spiro atoms. The maximum Gasteiger partial charge on any atom is 0.122 e. The first-order valence-corrected chi connectivity index (χ1v) is 5.89. The average Bonchev–Trinajstić information content (AvgIpc) is 2.30. The van der Waals surface area contributed by atoms with Gasteiger partial charge in [-0.1, -0.05) is 0 Å². The normalized spacial score (nSPS) is 14.5. The molecule has 0 aliphatic carbocycles. The lowest BCUT2D eigenvalue weighted by Crippen LogP contribution is -2.24. The summed E-state index contributed by atoms with van der Waals surface area (Å²) in [5, 5.41) is 0. The van der Waals surface area contributed by atoms with Gasteiger partial charge in [0, 0.05) is 20.6 Å². The van der Waals surface area contributed by atoms with Crippen molar-refractivity contribution >= 4 is 6.29 Å². The molecule has 0 radical (unpaired) electrons. The summed E-state index contributed by atoms with van der Waals surface area (Å²) in [5.74, 6) is 0. The van der Waals surface area contributed by atoms with Crippen LogP contribution < -0.4 is 0 Å². The van der Waals surface area contributed by atoms with E-state index in [0.29, 0.717) is 39.3 Å². The zero-order chi connectivity index (χ0) is 12.9. The second kappa shape index (κ2) is 12.0. The molecule has 17 heavy (non-hydrogen) atoms. The first-order chi connectivity index (χ1) is 8.24. The summed E-state index contributed by atoms with van der Waals surface area (Å²) in [5.41, 5.74) is 0. The van der Waals surface area contributed by atoms with Crippen LogP contribution >= 0.6 is 0 Å². The van der Waals surface area contributed by atoms with Crippen molar-refractivity contribution in [1.82, 2.24) is 0 Å². The quantitative estimate of drug-likeness (QED) is 0.382. The van der Waals surface area contributed by atoms with Crippen molar-refractivity contribution in [1.29, 1.82) is 0 Å². The molecule has 0 aromatic rings. The first kappa shape index (κ1) is 16.5. The van der Waals surface area contributed by atoms with E-state index in [1.54, 1.807) is 14.2 Å². The number of carbonyl (C=O) groups excluding carboxylic acids is 1. The van der Waals surface area contributed by atoms with Gasteiger partial charge in [0.1, 0.15) is 6.29 Å². The van der Waals surface area contributed by atoms with E-state index in [2.05, 4.69) is 0 Å². The molecular weight excluding hydrogens is 224 g/mol. The zero-order valence-corrected chi connectivity index (χ0v) is 11.0. The van der Waals surface area contributed by atoms with Crippen molar-refractivity contribution in [3.8, 4) is 0 Å². The average molecular weight is 248 g/mol. The van der Waals surface area contributed by atoms with Gasteiger partial charge in [-0.05, 0) is 13.3 Å². The molecule has 0 aromatic carbocycles. The van der Waals surface area contributed by atoms with Gasteiger partial charge in [0.15, 0.2) is 0 Å². The molecule has 0 saturated carbocycles. The number of ether oxygens (including phenoxy) is 4. The molecule has 5 nitrogen and oxygen atoms in total. The zero-order valence-electron chi connectivity index (χ0n) is 11.0. The van der Waals surface area contributed by atoms with Crippen LogP contribution in [0.3, 0.4) is 0 Å². The third kappa shape index (κ3) is 10.4. The molecule has 0 saturated heterocycles. The maximum atomic E-state index is 10.5. The Balaban J connectivity index is 3.75. The van der Waals surface area contributed by atoms with Gasteiger partial charge in [-0.3, -0.25) is 0 Å². The van der Waals surface area contributed by atoms with Gasteiger partial charge in [0.25, 0.3) is 0 Å². The van der Waals surface area contributed by atoms with Crippen molar-refractivity contribution in [3.05, 3.63) is 0 Å². The third-order valence-corrected chi connectivity index (χ3v) is 2.28. The predicted molar refractivity (Wildman–Crippen MR) is 64.2 cm³/mol. The Morgan fingerprint density at radius 2 is 1.59 bits per heavy atom. The summed E-state index contributed by atoms with van der Waals surface area (Å²) in [4.78, 5) is 10.5. The molecule has 0 amide bonds. The molecule has 5 heteroatoms. The minimum absolute atomic E-state index is 0.0534. The Morgan fingerprint density at radius 3 is 2.12 bits per heavy atom. The highest BCUT2D eigenvalue weighted by Gasteiger charge is 2.13. The Morgan fingerprint density at radius 1 is 1.00 bits per heavy atom. The molecule has 2 unspecified atom stereocenters. The fourth-order valence-corrected chi connectivity index (χ4v) is 1.41. The van der Waals surface area contributed by atoms with Gasteiger partial charge in [-0.25, -0.2) is 0 Å². The van der Waals surface area contributed by atoms with Crippen LogP contribution in [-0.4, -0.2) is 59.1 Å². The fraction of sp³-hybridized carbons (Fsp3) is 0.917. The van der Waals surface area contributed by atoms with Crippen LogP contribution in [0.4, 0.5) is 0 Å². The van der Waals surface area contributed by atoms with Gasteiger partial charge < -0.3 is 23.7 Å². The lowest BCUT2D eigenvalue weighted by molar-refractivity contribution is -0.111. The van der Waals surface area contributed by atoms with Crippen LogP contribution in [0.1, 0.15) is 19.8 Å². The second-order valence-electron chi connectivity index (χ2n) is 3.80. The lowest BCUT2D eigenvalue weighted by atomic mass is 10.1. The molecule has 0 rings (SSSR count). The molecule has 0 N–H and O–H groups in total. The van der Waals surface area contributed by atoms with Crippen LogP contribution in [-0.2, 0) is 23.7 Å². The van der Waals surface area contributed by atoms with Crippen molar-refractivity contribution in [3.63, 3.8) is 0 Å². The summed E-state index contributed by atoms with van der Waals surface area (Å²) < 4.78 is 20.8. The van der Waals surface area contributed by atoms with Gasteiger partial charge in [-0.2, -0.15) is 0 Å². The Labute approximate surface area is 103 Å². The van der Waals surface area contributed by atoms with Gasteiger partial charge in [0.2, 0.25) is 0 Å². The number of aldehydes is 1.